The fourth-order valence-corrected chi connectivity index (χ4v) is 1.49. The van der Waals surface area contributed by atoms with Gasteiger partial charge in [-0.2, -0.15) is 0 Å². The highest BCUT2D eigenvalue weighted by molar-refractivity contribution is 6.05. The fourth-order valence-electron chi connectivity index (χ4n) is 1.49. The van der Waals surface area contributed by atoms with Crippen LogP contribution in [0.2, 0.25) is 0 Å². The van der Waals surface area contributed by atoms with Crippen LogP contribution in [-0.4, -0.2) is 17.6 Å². The molecule has 0 aromatic carbocycles. The van der Waals surface area contributed by atoms with Gasteiger partial charge in [0.2, 0.25) is 5.88 Å². The lowest BCUT2D eigenvalue weighted by molar-refractivity contribution is 0.0529. The van der Waals surface area contributed by atoms with E-state index in [9.17, 15) is 4.79 Å². The Bertz CT molecular complexity index is 545. The summed E-state index contributed by atoms with van der Waals surface area (Å²) < 4.78 is 10.1. The van der Waals surface area contributed by atoms with Gasteiger partial charge in [-0.05, 0) is 26.0 Å². The molecule has 0 radical (unpaired) electrons. The number of esters is 1. The van der Waals surface area contributed by atoms with Gasteiger partial charge in [0.1, 0.15) is 11.1 Å². The molecule has 5 heteroatoms. The highest BCUT2D eigenvalue weighted by Gasteiger charge is 2.21. The summed E-state index contributed by atoms with van der Waals surface area (Å²) >= 11 is 0. The molecule has 0 aliphatic rings. The summed E-state index contributed by atoms with van der Waals surface area (Å²) in [7, 11) is 0. The molecule has 0 saturated heterocycles. The summed E-state index contributed by atoms with van der Waals surface area (Å²) in [5, 5.41) is 0. The molecule has 2 N–H and O–H groups in total. The van der Waals surface area contributed by atoms with E-state index in [1.54, 1.807) is 19.1 Å². The summed E-state index contributed by atoms with van der Waals surface area (Å²) in [4.78, 5) is 15.9. The first kappa shape index (κ1) is 10.5. The largest absolute Gasteiger partial charge is 0.462 e. The molecule has 0 amide bonds. The number of pyridine rings is 1. The number of rotatable bonds is 2. The summed E-state index contributed by atoms with van der Waals surface area (Å²) in [5.41, 5.74) is 7.57. The maximum absolute atomic E-state index is 11.6. The van der Waals surface area contributed by atoms with Crippen molar-refractivity contribution in [3.05, 3.63) is 23.4 Å². The van der Waals surface area contributed by atoms with E-state index < -0.39 is 5.97 Å². The number of aromatic nitrogens is 1. The molecule has 2 heterocycles. The minimum absolute atomic E-state index is 0.0477. The first-order chi connectivity index (χ1) is 7.63. The van der Waals surface area contributed by atoms with Gasteiger partial charge in [0, 0.05) is 5.69 Å². The second-order valence-corrected chi connectivity index (χ2v) is 3.36. The molecular formula is C11H12N2O3. The number of fused-ring (bicyclic) bond motifs is 1. The predicted molar refractivity (Wildman–Crippen MR) is 59.1 cm³/mol. The lowest BCUT2D eigenvalue weighted by atomic mass is 10.2. The standard InChI is InChI=1S/C11H12N2O3/c1-3-15-11(14)8-9-7(16-10(8)12)5-4-6(2)13-9/h4-5H,3,12H2,1-2H3. The average Bonchev–Trinajstić information content (AvgIpc) is 2.53. The number of hydrogen-bond donors (Lipinski definition) is 1. The topological polar surface area (TPSA) is 78.4 Å². The highest BCUT2D eigenvalue weighted by Crippen LogP contribution is 2.27. The normalized spacial score (nSPS) is 10.6. The van der Waals surface area contributed by atoms with E-state index in [0.29, 0.717) is 11.1 Å². The zero-order valence-electron chi connectivity index (χ0n) is 9.11. The van der Waals surface area contributed by atoms with Crippen molar-refractivity contribution in [1.82, 2.24) is 4.98 Å². The van der Waals surface area contributed by atoms with Crippen molar-refractivity contribution in [2.45, 2.75) is 13.8 Å². The van der Waals surface area contributed by atoms with E-state index in [-0.39, 0.29) is 18.1 Å². The molecule has 0 spiro atoms. The molecule has 16 heavy (non-hydrogen) atoms. The zero-order valence-corrected chi connectivity index (χ0v) is 9.11. The number of carbonyl (C=O) groups is 1. The minimum Gasteiger partial charge on any atom is -0.462 e. The van der Waals surface area contributed by atoms with Crippen LogP contribution in [0.3, 0.4) is 0 Å². The third kappa shape index (κ3) is 1.60. The smallest absolute Gasteiger partial charge is 0.345 e. The summed E-state index contributed by atoms with van der Waals surface area (Å²) in [6.07, 6.45) is 0. The van der Waals surface area contributed by atoms with Gasteiger partial charge in [0.25, 0.3) is 0 Å². The number of carbonyl (C=O) groups excluding carboxylic acids is 1. The SMILES string of the molecule is CCOC(=O)c1c(N)oc2ccc(C)nc12. The maximum atomic E-state index is 11.6. The van der Waals surface area contributed by atoms with Gasteiger partial charge in [0.15, 0.2) is 5.58 Å². The van der Waals surface area contributed by atoms with Crippen LogP contribution in [0, 0.1) is 6.92 Å². The Labute approximate surface area is 92.2 Å². The molecule has 2 aromatic rings. The summed E-state index contributed by atoms with van der Waals surface area (Å²) in [6, 6.07) is 3.52. The number of ether oxygens (including phenoxy) is 1. The summed E-state index contributed by atoms with van der Waals surface area (Å²) in [5.74, 6) is -0.455. The van der Waals surface area contributed by atoms with Gasteiger partial charge in [-0.15, -0.1) is 0 Å². The van der Waals surface area contributed by atoms with Crippen LogP contribution in [-0.2, 0) is 4.74 Å². The zero-order chi connectivity index (χ0) is 11.7. The summed E-state index contributed by atoms with van der Waals surface area (Å²) in [6.45, 7) is 3.85. The second-order valence-electron chi connectivity index (χ2n) is 3.36. The van der Waals surface area contributed by atoms with Crippen LogP contribution < -0.4 is 5.73 Å². The fraction of sp³-hybridized carbons (Fsp3) is 0.273. The van der Waals surface area contributed by atoms with E-state index in [1.807, 2.05) is 6.92 Å². The molecule has 0 aliphatic heterocycles. The van der Waals surface area contributed by atoms with E-state index >= 15 is 0 Å². The van der Waals surface area contributed by atoms with Crippen LogP contribution in [0.5, 0.6) is 0 Å². The molecule has 0 saturated carbocycles. The van der Waals surface area contributed by atoms with Crippen molar-refractivity contribution in [2.24, 2.45) is 0 Å². The Morgan fingerprint density at radius 3 is 3.00 bits per heavy atom. The van der Waals surface area contributed by atoms with Gasteiger partial charge in [0.05, 0.1) is 6.61 Å². The number of anilines is 1. The molecule has 2 rings (SSSR count). The molecule has 84 valence electrons. The Kier molecular flexibility index (Phi) is 2.52. The minimum atomic E-state index is -0.503. The average molecular weight is 220 g/mol. The van der Waals surface area contributed by atoms with E-state index in [1.165, 1.54) is 0 Å². The lowest BCUT2D eigenvalue weighted by Gasteiger charge is -1.99. The molecule has 2 aromatic heterocycles. The number of nitrogens with two attached hydrogens (primary N) is 1. The number of furan rings is 1. The van der Waals surface area contributed by atoms with Gasteiger partial charge in [-0.1, -0.05) is 0 Å². The van der Waals surface area contributed by atoms with Crippen LogP contribution >= 0.6 is 0 Å². The predicted octanol–water partition coefficient (Wildman–Crippen LogP) is 1.90. The van der Waals surface area contributed by atoms with Gasteiger partial charge in [-0.3, -0.25) is 0 Å². The van der Waals surface area contributed by atoms with Gasteiger partial charge >= 0.3 is 5.97 Å². The van der Waals surface area contributed by atoms with Crippen molar-refractivity contribution in [1.29, 1.82) is 0 Å². The highest BCUT2D eigenvalue weighted by atomic mass is 16.5. The molecule has 5 nitrogen and oxygen atoms in total. The molecule has 0 aliphatic carbocycles. The maximum Gasteiger partial charge on any atom is 0.345 e. The van der Waals surface area contributed by atoms with E-state index in [4.69, 9.17) is 14.9 Å². The van der Waals surface area contributed by atoms with Crippen LogP contribution in [0.15, 0.2) is 16.5 Å². The van der Waals surface area contributed by atoms with E-state index in [2.05, 4.69) is 4.98 Å². The Balaban J connectivity index is 2.62. The van der Waals surface area contributed by atoms with Crippen LogP contribution in [0.1, 0.15) is 23.0 Å². The van der Waals surface area contributed by atoms with Crippen molar-refractivity contribution in [3.63, 3.8) is 0 Å². The number of nitrogen functional groups attached to an aromatic ring is 1. The molecule has 0 atom stereocenters. The second kappa shape index (κ2) is 3.84. The molecule has 0 bridgehead atoms. The van der Waals surface area contributed by atoms with Crippen molar-refractivity contribution in [2.75, 3.05) is 12.3 Å². The molecular weight excluding hydrogens is 208 g/mol. The number of nitrogens with zero attached hydrogens (tertiary/aromatic N) is 1. The van der Waals surface area contributed by atoms with Crippen LogP contribution in [0.4, 0.5) is 5.88 Å². The third-order valence-electron chi connectivity index (χ3n) is 2.18. The Hall–Kier alpha value is -2.04. The third-order valence-corrected chi connectivity index (χ3v) is 2.18. The first-order valence-electron chi connectivity index (χ1n) is 4.96. The van der Waals surface area contributed by atoms with Crippen molar-refractivity contribution >= 4 is 23.0 Å². The Morgan fingerprint density at radius 1 is 1.56 bits per heavy atom. The molecule has 0 unspecified atom stereocenters. The van der Waals surface area contributed by atoms with Crippen molar-refractivity contribution < 1.29 is 13.9 Å². The first-order valence-corrected chi connectivity index (χ1v) is 4.96. The molecule has 0 fully saturated rings. The Morgan fingerprint density at radius 2 is 2.31 bits per heavy atom. The van der Waals surface area contributed by atoms with Gasteiger partial charge in [-0.25, -0.2) is 9.78 Å². The van der Waals surface area contributed by atoms with Crippen molar-refractivity contribution in [3.8, 4) is 0 Å². The monoisotopic (exact) mass is 220 g/mol. The lowest BCUT2D eigenvalue weighted by Crippen LogP contribution is -2.06. The number of hydrogen-bond acceptors (Lipinski definition) is 5. The quantitative estimate of drug-likeness (QED) is 0.782. The number of aryl methyl sites for hydroxylation is 1. The van der Waals surface area contributed by atoms with Gasteiger partial charge < -0.3 is 14.9 Å². The van der Waals surface area contributed by atoms with Crippen LogP contribution in [0.25, 0.3) is 11.1 Å². The van der Waals surface area contributed by atoms with E-state index in [0.717, 1.165) is 5.69 Å².